The lowest BCUT2D eigenvalue weighted by atomic mass is 10.1. The summed E-state index contributed by atoms with van der Waals surface area (Å²) in [7, 11) is 0. The molecule has 1 aromatic heterocycles. The first-order chi connectivity index (χ1) is 5.42. The Morgan fingerprint density at radius 1 is 1.46 bits per heavy atom. The van der Waals surface area contributed by atoms with Crippen LogP contribution in [0.1, 0.15) is 17.9 Å². The van der Waals surface area contributed by atoms with E-state index in [1.54, 1.807) is 0 Å². The predicted octanol–water partition coefficient (Wildman–Crippen LogP) is 1.99. The Morgan fingerprint density at radius 2 is 2.23 bits per heavy atom. The number of hydrogen-bond donors (Lipinski definition) is 1. The molecule has 1 saturated carbocycles. The average molecular weight is 221 g/mol. The zero-order valence-electron chi connectivity index (χ0n) is 7.22. The monoisotopic (exact) mass is 220 g/mol. The third-order valence-electron chi connectivity index (χ3n) is 2.34. The summed E-state index contributed by atoms with van der Waals surface area (Å²) < 4.78 is 0. The number of hydrogen-bond acceptors (Lipinski definition) is 2. The van der Waals surface area contributed by atoms with E-state index in [2.05, 4.69) is 11.1 Å². The third-order valence-corrected chi connectivity index (χ3v) is 2.34. The molecule has 0 radical (unpaired) electrons. The molecule has 4 heteroatoms. The molecule has 0 amide bonds. The van der Waals surface area contributed by atoms with Crippen LogP contribution < -0.4 is 5.73 Å². The first-order valence-electron chi connectivity index (χ1n) is 4.02. The van der Waals surface area contributed by atoms with Crippen LogP contribution in [-0.4, -0.2) is 11.5 Å². The number of pyridine rings is 1. The second kappa shape index (κ2) is 5.43. The van der Waals surface area contributed by atoms with E-state index in [-0.39, 0.29) is 24.8 Å². The minimum Gasteiger partial charge on any atom is -0.330 e. The lowest BCUT2D eigenvalue weighted by Crippen LogP contribution is -2.01. The lowest BCUT2D eigenvalue weighted by Gasteiger charge is -1.95. The zero-order chi connectivity index (χ0) is 7.68. The first kappa shape index (κ1) is 12.7. The second-order valence-electron chi connectivity index (χ2n) is 3.12. The van der Waals surface area contributed by atoms with E-state index in [1.165, 1.54) is 12.0 Å². The van der Waals surface area contributed by atoms with E-state index >= 15 is 0 Å². The number of nitrogens with zero attached hydrogens (tertiary/aromatic N) is 1. The van der Waals surface area contributed by atoms with E-state index in [9.17, 15) is 0 Å². The van der Waals surface area contributed by atoms with E-state index in [0.29, 0.717) is 5.92 Å². The Balaban J connectivity index is 0.000000720. The Bertz CT molecular complexity index is 241. The van der Waals surface area contributed by atoms with Crippen molar-refractivity contribution < 1.29 is 0 Å². The highest BCUT2D eigenvalue weighted by molar-refractivity contribution is 5.85. The third kappa shape index (κ3) is 2.83. The Morgan fingerprint density at radius 3 is 2.69 bits per heavy atom. The minimum atomic E-state index is 0. The number of nitrogens with two attached hydrogens (primary N) is 1. The van der Waals surface area contributed by atoms with Crippen LogP contribution in [0.5, 0.6) is 0 Å². The van der Waals surface area contributed by atoms with Crippen molar-refractivity contribution in [2.75, 3.05) is 6.54 Å². The van der Waals surface area contributed by atoms with E-state index in [1.807, 2.05) is 18.5 Å². The van der Waals surface area contributed by atoms with Crippen LogP contribution in [0.2, 0.25) is 0 Å². The van der Waals surface area contributed by atoms with Crippen molar-refractivity contribution in [1.82, 2.24) is 4.98 Å². The number of rotatable bonds is 2. The van der Waals surface area contributed by atoms with Gasteiger partial charge in [0.1, 0.15) is 0 Å². The molecule has 1 fully saturated rings. The van der Waals surface area contributed by atoms with Crippen molar-refractivity contribution >= 4 is 24.8 Å². The molecule has 2 N–H and O–H groups in total. The van der Waals surface area contributed by atoms with Crippen molar-refractivity contribution in [2.45, 2.75) is 12.3 Å². The summed E-state index contributed by atoms with van der Waals surface area (Å²) in [6.45, 7) is 0.819. The molecular formula is C9H14Cl2N2. The highest BCUT2D eigenvalue weighted by atomic mass is 35.5. The highest BCUT2D eigenvalue weighted by Gasteiger charge is 2.36. The first-order valence-corrected chi connectivity index (χ1v) is 4.02. The van der Waals surface area contributed by atoms with Gasteiger partial charge in [-0.2, -0.15) is 0 Å². The van der Waals surface area contributed by atoms with Crippen molar-refractivity contribution in [3.63, 3.8) is 0 Å². The molecule has 2 atom stereocenters. The van der Waals surface area contributed by atoms with E-state index in [0.717, 1.165) is 12.5 Å². The van der Waals surface area contributed by atoms with Gasteiger partial charge in [0, 0.05) is 12.4 Å². The quantitative estimate of drug-likeness (QED) is 0.829. The summed E-state index contributed by atoms with van der Waals surface area (Å²) in [5, 5.41) is 0. The van der Waals surface area contributed by atoms with Crippen LogP contribution in [0.25, 0.3) is 0 Å². The fraction of sp³-hybridized carbons (Fsp3) is 0.444. The van der Waals surface area contributed by atoms with Crippen molar-refractivity contribution in [3.05, 3.63) is 30.1 Å². The number of halogens is 2. The molecule has 0 spiro atoms. The fourth-order valence-electron chi connectivity index (χ4n) is 1.51. The molecule has 0 aliphatic heterocycles. The molecule has 1 heterocycles. The molecule has 1 aliphatic rings. The Hall–Kier alpha value is -0.310. The summed E-state index contributed by atoms with van der Waals surface area (Å²) in [5.41, 5.74) is 6.89. The predicted molar refractivity (Wildman–Crippen MR) is 58.6 cm³/mol. The molecule has 13 heavy (non-hydrogen) atoms. The largest absolute Gasteiger partial charge is 0.330 e. The maximum Gasteiger partial charge on any atom is 0.0302 e. The molecular weight excluding hydrogens is 207 g/mol. The van der Waals surface area contributed by atoms with Gasteiger partial charge in [0.25, 0.3) is 0 Å². The summed E-state index contributed by atoms with van der Waals surface area (Å²) >= 11 is 0. The Labute approximate surface area is 90.8 Å². The highest BCUT2D eigenvalue weighted by Crippen LogP contribution is 2.46. The summed E-state index contributed by atoms with van der Waals surface area (Å²) in [6, 6.07) is 4.12. The normalized spacial score (nSPS) is 24.1. The zero-order valence-corrected chi connectivity index (χ0v) is 8.85. The fourth-order valence-corrected chi connectivity index (χ4v) is 1.51. The van der Waals surface area contributed by atoms with Gasteiger partial charge in [0.05, 0.1) is 0 Å². The minimum absolute atomic E-state index is 0. The van der Waals surface area contributed by atoms with Gasteiger partial charge in [0.15, 0.2) is 0 Å². The van der Waals surface area contributed by atoms with Gasteiger partial charge >= 0.3 is 0 Å². The van der Waals surface area contributed by atoms with Crippen molar-refractivity contribution in [3.8, 4) is 0 Å². The van der Waals surface area contributed by atoms with Crippen molar-refractivity contribution in [2.24, 2.45) is 11.7 Å². The maximum atomic E-state index is 5.54. The standard InChI is InChI=1S/C9H12N2.2ClH/c10-5-8-4-9(8)7-2-1-3-11-6-7;;/h1-3,6,8-9H,4-5,10H2;2*1H. The summed E-state index contributed by atoms with van der Waals surface area (Å²) in [4.78, 5) is 4.07. The molecule has 1 aromatic rings. The van der Waals surface area contributed by atoms with E-state index in [4.69, 9.17) is 5.73 Å². The van der Waals surface area contributed by atoms with Gasteiger partial charge in [0.2, 0.25) is 0 Å². The SMILES string of the molecule is Cl.Cl.NCC1CC1c1cccnc1. The van der Waals surface area contributed by atoms with Crippen LogP contribution in [0, 0.1) is 5.92 Å². The topological polar surface area (TPSA) is 38.9 Å². The van der Waals surface area contributed by atoms with Crippen molar-refractivity contribution in [1.29, 1.82) is 0 Å². The van der Waals surface area contributed by atoms with Crippen LogP contribution >= 0.6 is 24.8 Å². The molecule has 1 aliphatic carbocycles. The Kier molecular flexibility index (Phi) is 5.30. The number of aromatic nitrogens is 1. The molecule has 74 valence electrons. The van der Waals surface area contributed by atoms with Gasteiger partial charge in [-0.25, -0.2) is 0 Å². The van der Waals surface area contributed by atoms with Crippen LogP contribution in [-0.2, 0) is 0 Å². The van der Waals surface area contributed by atoms with Gasteiger partial charge in [-0.05, 0) is 36.4 Å². The van der Waals surface area contributed by atoms with Gasteiger partial charge in [-0.3, -0.25) is 4.98 Å². The molecule has 2 rings (SSSR count). The van der Waals surface area contributed by atoms with Gasteiger partial charge in [-0.15, -0.1) is 24.8 Å². The molecule has 0 saturated heterocycles. The molecule has 2 unspecified atom stereocenters. The summed E-state index contributed by atoms with van der Waals surface area (Å²) in [5.74, 6) is 1.42. The van der Waals surface area contributed by atoms with Crippen LogP contribution in [0.4, 0.5) is 0 Å². The molecule has 2 nitrogen and oxygen atoms in total. The van der Waals surface area contributed by atoms with Crippen LogP contribution in [0.3, 0.4) is 0 Å². The second-order valence-corrected chi connectivity index (χ2v) is 3.12. The maximum absolute atomic E-state index is 5.54. The average Bonchev–Trinajstić information content (AvgIpc) is 2.85. The molecule has 0 aromatic carbocycles. The lowest BCUT2D eigenvalue weighted by molar-refractivity contribution is 0.808. The molecule has 0 bridgehead atoms. The van der Waals surface area contributed by atoms with Crippen LogP contribution in [0.15, 0.2) is 24.5 Å². The van der Waals surface area contributed by atoms with Gasteiger partial charge in [-0.1, -0.05) is 6.07 Å². The smallest absolute Gasteiger partial charge is 0.0302 e. The summed E-state index contributed by atoms with van der Waals surface area (Å²) in [6.07, 6.45) is 5.01. The van der Waals surface area contributed by atoms with E-state index < -0.39 is 0 Å². The van der Waals surface area contributed by atoms with Gasteiger partial charge < -0.3 is 5.73 Å².